The molecule has 0 aliphatic rings. The zero-order chi connectivity index (χ0) is 17.5. The van der Waals surface area contributed by atoms with E-state index < -0.39 is 6.04 Å². The lowest BCUT2D eigenvalue weighted by Gasteiger charge is -2.14. The summed E-state index contributed by atoms with van der Waals surface area (Å²) in [5, 5.41) is 10.0. The van der Waals surface area contributed by atoms with E-state index in [0.717, 1.165) is 6.42 Å². The van der Waals surface area contributed by atoms with Gasteiger partial charge in [0.05, 0.1) is 18.3 Å². The van der Waals surface area contributed by atoms with Crippen molar-refractivity contribution in [2.24, 2.45) is 0 Å². The third-order valence-electron chi connectivity index (χ3n) is 3.63. The summed E-state index contributed by atoms with van der Waals surface area (Å²) in [4.78, 5) is 35.5. The summed E-state index contributed by atoms with van der Waals surface area (Å²) in [6.07, 6.45) is 2.27. The molecule has 7 nitrogen and oxygen atoms in total. The third-order valence-corrected chi connectivity index (χ3v) is 3.63. The molecule has 0 aliphatic carbocycles. The maximum Gasteiger partial charge on any atom is 0.242 e. The number of carbonyl (C=O) groups is 2. The van der Waals surface area contributed by atoms with E-state index in [1.165, 1.54) is 6.20 Å². The molecule has 1 atom stereocenters. The Morgan fingerprint density at radius 2 is 2.04 bits per heavy atom. The number of para-hydroxylation sites is 1. The highest BCUT2D eigenvalue weighted by molar-refractivity contribution is 5.87. The second-order valence-corrected chi connectivity index (χ2v) is 5.58. The van der Waals surface area contributed by atoms with Crippen LogP contribution in [0.2, 0.25) is 0 Å². The van der Waals surface area contributed by atoms with E-state index >= 15 is 0 Å². The number of amides is 2. The lowest BCUT2D eigenvalue weighted by molar-refractivity contribution is -0.128. The van der Waals surface area contributed by atoms with Crippen LogP contribution in [0.1, 0.15) is 26.7 Å². The topological polar surface area (TPSA) is 93.1 Å². The number of aryl methyl sites for hydroxylation is 1. The normalized spacial score (nSPS) is 11.9. The number of rotatable bonds is 7. The maximum absolute atomic E-state index is 12.0. The van der Waals surface area contributed by atoms with Crippen LogP contribution in [0.3, 0.4) is 0 Å². The van der Waals surface area contributed by atoms with Crippen LogP contribution in [0.25, 0.3) is 10.9 Å². The van der Waals surface area contributed by atoms with Crippen molar-refractivity contribution in [3.05, 3.63) is 40.7 Å². The molecule has 0 bridgehead atoms. The fourth-order valence-electron chi connectivity index (χ4n) is 2.33. The van der Waals surface area contributed by atoms with E-state index in [-0.39, 0.29) is 23.7 Å². The van der Waals surface area contributed by atoms with Gasteiger partial charge in [-0.15, -0.1) is 0 Å². The van der Waals surface area contributed by atoms with Gasteiger partial charge in [-0.25, -0.2) is 0 Å². The molecule has 0 aliphatic heterocycles. The van der Waals surface area contributed by atoms with Crippen LogP contribution in [0.5, 0.6) is 0 Å². The number of hydrogen-bond donors (Lipinski definition) is 2. The van der Waals surface area contributed by atoms with Crippen molar-refractivity contribution < 1.29 is 9.59 Å². The minimum absolute atomic E-state index is 0.146. The average molecular weight is 330 g/mol. The molecule has 0 saturated carbocycles. The summed E-state index contributed by atoms with van der Waals surface area (Å²) in [6.45, 7) is 4.53. The van der Waals surface area contributed by atoms with Crippen molar-refractivity contribution >= 4 is 22.7 Å². The van der Waals surface area contributed by atoms with Crippen LogP contribution in [0.15, 0.2) is 35.3 Å². The van der Waals surface area contributed by atoms with Gasteiger partial charge in [-0.3, -0.25) is 19.1 Å². The zero-order valence-electron chi connectivity index (χ0n) is 13.9. The van der Waals surface area contributed by atoms with E-state index in [0.29, 0.717) is 24.0 Å². The van der Waals surface area contributed by atoms with Crippen LogP contribution >= 0.6 is 0 Å². The fraction of sp³-hybridized carbons (Fsp3) is 0.412. The number of carbonyl (C=O) groups excluding carboxylic acids is 2. The van der Waals surface area contributed by atoms with E-state index in [4.69, 9.17) is 0 Å². The smallest absolute Gasteiger partial charge is 0.242 e. The number of fused-ring (bicyclic) bond motifs is 1. The molecule has 0 spiro atoms. The van der Waals surface area contributed by atoms with Crippen molar-refractivity contribution in [2.75, 3.05) is 6.54 Å². The lowest BCUT2D eigenvalue weighted by Crippen LogP contribution is -2.45. The van der Waals surface area contributed by atoms with E-state index in [9.17, 15) is 14.4 Å². The van der Waals surface area contributed by atoms with E-state index in [1.54, 1.807) is 29.8 Å². The largest absolute Gasteiger partial charge is 0.354 e. The number of nitrogens with one attached hydrogen (secondary N) is 2. The van der Waals surface area contributed by atoms with E-state index in [2.05, 4.69) is 15.7 Å². The van der Waals surface area contributed by atoms with Crippen molar-refractivity contribution in [3.8, 4) is 0 Å². The monoisotopic (exact) mass is 330 g/mol. The number of benzene rings is 1. The van der Waals surface area contributed by atoms with Crippen LogP contribution in [0, 0.1) is 0 Å². The molecule has 1 aromatic carbocycles. The van der Waals surface area contributed by atoms with Gasteiger partial charge < -0.3 is 10.6 Å². The Balaban J connectivity index is 1.96. The first-order valence-electron chi connectivity index (χ1n) is 8.05. The van der Waals surface area contributed by atoms with Gasteiger partial charge in [0.1, 0.15) is 6.04 Å². The van der Waals surface area contributed by atoms with Gasteiger partial charge in [-0.2, -0.15) is 5.10 Å². The summed E-state index contributed by atoms with van der Waals surface area (Å²) >= 11 is 0. The number of hydrogen-bond acceptors (Lipinski definition) is 4. The maximum atomic E-state index is 12.0. The van der Waals surface area contributed by atoms with Crippen LogP contribution in [-0.2, 0) is 16.1 Å². The lowest BCUT2D eigenvalue weighted by atomic mass is 10.2. The fourth-order valence-corrected chi connectivity index (χ4v) is 2.33. The predicted octanol–water partition coefficient (Wildman–Crippen LogP) is 0.817. The number of aromatic nitrogens is 2. The molecule has 0 radical (unpaired) electrons. The average Bonchev–Trinajstić information content (AvgIpc) is 2.59. The molecule has 2 N–H and O–H groups in total. The van der Waals surface area contributed by atoms with Gasteiger partial charge in [0.2, 0.25) is 17.2 Å². The second kappa shape index (κ2) is 8.24. The Hall–Kier alpha value is -2.70. The van der Waals surface area contributed by atoms with Gasteiger partial charge in [-0.1, -0.05) is 19.1 Å². The van der Waals surface area contributed by atoms with Crippen LogP contribution in [-0.4, -0.2) is 34.2 Å². The Morgan fingerprint density at radius 3 is 2.79 bits per heavy atom. The Labute approximate surface area is 140 Å². The summed E-state index contributed by atoms with van der Waals surface area (Å²) in [5.74, 6) is -0.434. The molecular weight excluding hydrogens is 308 g/mol. The molecule has 2 aromatic rings. The Morgan fingerprint density at radius 1 is 1.29 bits per heavy atom. The van der Waals surface area contributed by atoms with Crippen LogP contribution < -0.4 is 16.1 Å². The highest BCUT2D eigenvalue weighted by Gasteiger charge is 2.15. The molecule has 0 fully saturated rings. The second-order valence-electron chi connectivity index (χ2n) is 5.58. The van der Waals surface area contributed by atoms with Gasteiger partial charge in [0.25, 0.3) is 0 Å². The molecule has 2 amide bonds. The molecule has 1 heterocycles. The summed E-state index contributed by atoms with van der Waals surface area (Å²) in [6, 6.07) is 6.55. The minimum atomic E-state index is -0.581. The van der Waals surface area contributed by atoms with Crippen molar-refractivity contribution in [3.63, 3.8) is 0 Å². The standard InChI is InChI=1S/C17H22N4O3/c1-3-9-18-17(24)12(2)20-16(23)8-10-21-14-7-5-4-6-13(14)15(22)11-19-21/h4-7,11-12H,3,8-10H2,1-2H3,(H,18,24)(H,20,23)/t12-/m1/s1. The predicted molar refractivity (Wildman–Crippen MR) is 91.5 cm³/mol. The molecule has 0 saturated heterocycles. The molecule has 24 heavy (non-hydrogen) atoms. The summed E-state index contributed by atoms with van der Waals surface area (Å²) in [7, 11) is 0. The third kappa shape index (κ3) is 4.41. The van der Waals surface area contributed by atoms with Crippen molar-refractivity contribution in [1.82, 2.24) is 20.4 Å². The molecule has 128 valence electrons. The molecular formula is C17H22N4O3. The van der Waals surface area contributed by atoms with Crippen molar-refractivity contribution in [1.29, 1.82) is 0 Å². The Kier molecular flexibility index (Phi) is 6.06. The number of nitrogens with zero attached hydrogens (tertiary/aromatic N) is 2. The van der Waals surface area contributed by atoms with Gasteiger partial charge in [0.15, 0.2) is 0 Å². The first kappa shape index (κ1) is 17.7. The molecule has 7 heteroatoms. The summed E-state index contributed by atoms with van der Waals surface area (Å²) in [5.41, 5.74) is 0.541. The van der Waals surface area contributed by atoms with Crippen molar-refractivity contribution in [2.45, 2.75) is 39.3 Å². The first-order chi connectivity index (χ1) is 11.5. The van der Waals surface area contributed by atoms with Gasteiger partial charge in [-0.05, 0) is 25.5 Å². The SMILES string of the molecule is CCCNC(=O)[C@@H](C)NC(=O)CCn1ncc(=O)c2ccccc21. The summed E-state index contributed by atoms with van der Waals surface area (Å²) < 4.78 is 1.62. The molecule has 1 aromatic heterocycles. The zero-order valence-corrected chi connectivity index (χ0v) is 13.9. The quantitative estimate of drug-likeness (QED) is 0.786. The molecule has 2 rings (SSSR count). The molecule has 0 unspecified atom stereocenters. The minimum Gasteiger partial charge on any atom is -0.354 e. The first-order valence-corrected chi connectivity index (χ1v) is 8.05. The van der Waals surface area contributed by atoms with Crippen LogP contribution in [0.4, 0.5) is 0 Å². The Bertz CT molecular complexity index is 785. The highest BCUT2D eigenvalue weighted by Crippen LogP contribution is 2.08. The van der Waals surface area contributed by atoms with Gasteiger partial charge >= 0.3 is 0 Å². The highest BCUT2D eigenvalue weighted by atomic mass is 16.2. The van der Waals surface area contributed by atoms with E-state index in [1.807, 2.05) is 13.0 Å². The van der Waals surface area contributed by atoms with Gasteiger partial charge in [0, 0.05) is 18.4 Å².